The van der Waals surface area contributed by atoms with E-state index in [1.54, 1.807) is 0 Å². The Bertz CT molecular complexity index is 704. The van der Waals surface area contributed by atoms with E-state index in [1.807, 2.05) is 18.2 Å². The van der Waals surface area contributed by atoms with Crippen LogP contribution in [0.25, 0.3) is 11.4 Å². The molecule has 6 heteroatoms. The molecule has 1 aromatic carbocycles. The molecule has 0 saturated heterocycles. The third-order valence-corrected chi connectivity index (χ3v) is 5.09. The Morgan fingerprint density at radius 1 is 1.15 bits per heavy atom. The Morgan fingerprint density at radius 3 is 2.75 bits per heavy atom. The minimum Gasteiger partial charge on any atom is -0.454 e. The lowest BCUT2D eigenvalue weighted by atomic mass is 10.2. The van der Waals surface area contributed by atoms with E-state index < -0.39 is 0 Å². The van der Waals surface area contributed by atoms with Crippen LogP contribution in [-0.4, -0.2) is 16.8 Å². The normalized spacial score (nSPS) is 16.5. The Labute approximate surface area is 134 Å². The highest BCUT2D eigenvalue weighted by Crippen LogP contribution is 2.43. The smallest absolute Gasteiger partial charge is 0.231 e. The van der Waals surface area contributed by atoms with E-state index in [9.17, 15) is 0 Å². The maximum atomic E-state index is 6.24. The number of aromatic nitrogens is 2. The van der Waals surface area contributed by atoms with Gasteiger partial charge in [0.2, 0.25) is 6.79 Å². The summed E-state index contributed by atoms with van der Waals surface area (Å²) in [7, 11) is 0. The van der Waals surface area contributed by atoms with Crippen LogP contribution in [0.5, 0.6) is 11.5 Å². The van der Waals surface area contributed by atoms with E-state index in [2.05, 4.69) is 27.6 Å². The van der Waals surface area contributed by atoms with E-state index in [-0.39, 0.29) is 6.79 Å². The molecule has 0 amide bonds. The zero-order chi connectivity index (χ0) is 13.7. The monoisotopic (exact) mass is 400 g/mol. The molecule has 4 rings (SSSR count). The van der Waals surface area contributed by atoms with E-state index in [0.717, 1.165) is 26.3 Å². The van der Waals surface area contributed by atoms with Gasteiger partial charge in [0.1, 0.15) is 5.15 Å². The summed E-state index contributed by atoms with van der Waals surface area (Å²) in [5.41, 5.74) is 1.97. The third kappa shape index (κ3) is 2.13. The van der Waals surface area contributed by atoms with E-state index in [4.69, 9.17) is 26.1 Å². The van der Waals surface area contributed by atoms with Crippen molar-refractivity contribution >= 4 is 34.2 Å². The summed E-state index contributed by atoms with van der Waals surface area (Å²) in [5, 5.41) is 0.523. The first-order valence-electron chi connectivity index (χ1n) is 6.35. The SMILES string of the molecule is Clc1nc(-c2ccc3c(c2)OCO3)nc(C2CC2)c1I. The molecule has 0 bridgehead atoms. The maximum absolute atomic E-state index is 6.24. The molecular weight excluding hydrogens is 391 g/mol. The second kappa shape index (κ2) is 4.73. The average molecular weight is 401 g/mol. The van der Waals surface area contributed by atoms with Gasteiger partial charge in [-0.25, -0.2) is 9.97 Å². The van der Waals surface area contributed by atoms with Crippen molar-refractivity contribution in [1.29, 1.82) is 0 Å². The molecule has 1 aliphatic carbocycles. The molecule has 1 fully saturated rings. The highest BCUT2D eigenvalue weighted by atomic mass is 127. The fourth-order valence-corrected chi connectivity index (χ4v) is 3.09. The second-order valence-corrected chi connectivity index (χ2v) is 6.32. The summed E-state index contributed by atoms with van der Waals surface area (Å²) < 4.78 is 11.7. The van der Waals surface area contributed by atoms with Crippen molar-refractivity contribution in [3.63, 3.8) is 0 Å². The van der Waals surface area contributed by atoms with Crippen molar-refractivity contribution in [2.45, 2.75) is 18.8 Å². The minimum absolute atomic E-state index is 0.264. The van der Waals surface area contributed by atoms with Crippen molar-refractivity contribution in [3.05, 3.63) is 32.6 Å². The molecule has 2 heterocycles. The van der Waals surface area contributed by atoms with E-state index in [0.29, 0.717) is 16.9 Å². The topological polar surface area (TPSA) is 44.2 Å². The third-order valence-electron chi connectivity index (χ3n) is 3.43. The maximum Gasteiger partial charge on any atom is 0.231 e. The van der Waals surface area contributed by atoms with Crippen LogP contribution in [0.4, 0.5) is 0 Å². The predicted molar refractivity (Wildman–Crippen MR) is 83.3 cm³/mol. The predicted octanol–water partition coefficient (Wildman–Crippen LogP) is 4.01. The van der Waals surface area contributed by atoms with Crippen LogP contribution in [0, 0.1) is 3.57 Å². The molecule has 1 aromatic heterocycles. The van der Waals surface area contributed by atoms with Crippen LogP contribution in [0.15, 0.2) is 18.2 Å². The molecule has 1 aliphatic heterocycles. The van der Waals surface area contributed by atoms with Gasteiger partial charge < -0.3 is 9.47 Å². The Hall–Kier alpha value is -1.08. The van der Waals surface area contributed by atoms with Gasteiger partial charge in [-0.05, 0) is 53.6 Å². The van der Waals surface area contributed by atoms with Gasteiger partial charge in [-0.1, -0.05) is 11.6 Å². The number of nitrogens with zero attached hydrogens (tertiary/aromatic N) is 2. The molecule has 102 valence electrons. The Morgan fingerprint density at radius 2 is 1.95 bits per heavy atom. The fourth-order valence-electron chi connectivity index (χ4n) is 2.23. The summed E-state index contributed by atoms with van der Waals surface area (Å²) in [4.78, 5) is 9.08. The highest BCUT2D eigenvalue weighted by molar-refractivity contribution is 14.1. The first kappa shape index (κ1) is 12.6. The number of ether oxygens (including phenoxy) is 2. The van der Waals surface area contributed by atoms with Crippen LogP contribution < -0.4 is 9.47 Å². The van der Waals surface area contributed by atoms with Gasteiger partial charge >= 0.3 is 0 Å². The van der Waals surface area contributed by atoms with Gasteiger partial charge in [-0.15, -0.1) is 0 Å². The van der Waals surface area contributed by atoms with Crippen molar-refractivity contribution < 1.29 is 9.47 Å². The van der Waals surface area contributed by atoms with Crippen LogP contribution in [0.1, 0.15) is 24.5 Å². The molecule has 0 N–H and O–H groups in total. The quantitative estimate of drug-likeness (QED) is 0.564. The summed E-state index contributed by atoms with van der Waals surface area (Å²) in [5.74, 6) is 2.67. The summed E-state index contributed by atoms with van der Waals surface area (Å²) in [6.45, 7) is 0.264. The summed E-state index contributed by atoms with van der Waals surface area (Å²) >= 11 is 8.47. The van der Waals surface area contributed by atoms with E-state index >= 15 is 0 Å². The number of fused-ring (bicyclic) bond motifs is 1. The number of hydrogen-bond donors (Lipinski definition) is 0. The molecule has 2 aliphatic rings. The average Bonchev–Trinajstić information content (AvgIpc) is 3.18. The molecule has 0 atom stereocenters. The van der Waals surface area contributed by atoms with Gasteiger partial charge in [0.15, 0.2) is 17.3 Å². The number of hydrogen-bond acceptors (Lipinski definition) is 4. The van der Waals surface area contributed by atoms with Gasteiger partial charge in [0, 0.05) is 11.5 Å². The zero-order valence-corrected chi connectivity index (χ0v) is 13.3. The van der Waals surface area contributed by atoms with Crippen LogP contribution in [0.3, 0.4) is 0 Å². The minimum atomic E-state index is 0.264. The van der Waals surface area contributed by atoms with Crippen molar-refractivity contribution in [1.82, 2.24) is 9.97 Å². The highest BCUT2D eigenvalue weighted by Gasteiger charge is 2.29. The molecule has 2 aromatic rings. The standard InChI is InChI=1S/C14H10ClIN2O2/c15-13-11(16)12(7-1-2-7)17-14(18-13)8-3-4-9-10(5-8)20-6-19-9/h3-5,7H,1-2,6H2. The molecule has 0 unspecified atom stereocenters. The lowest BCUT2D eigenvalue weighted by Gasteiger charge is -2.08. The zero-order valence-electron chi connectivity index (χ0n) is 10.4. The van der Waals surface area contributed by atoms with Crippen LogP contribution in [-0.2, 0) is 0 Å². The Balaban J connectivity index is 1.82. The molecule has 0 spiro atoms. The molecular formula is C14H10ClIN2O2. The molecule has 4 nitrogen and oxygen atoms in total. The molecule has 20 heavy (non-hydrogen) atoms. The summed E-state index contributed by atoms with van der Waals surface area (Å²) in [6, 6.07) is 5.71. The van der Waals surface area contributed by atoms with Gasteiger partial charge in [-0.2, -0.15) is 0 Å². The van der Waals surface area contributed by atoms with Gasteiger partial charge in [-0.3, -0.25) is 0 Å². The van der Waals surface area contributed by atoms with Crippen LogP contribution >= 0.6 is 34.2 Å². The largest absolute Gasteiger partial charge is 0.454 e. The number of halogens is 2. The lowest BCUT2D eigenvalue weighted by Crippen LogP contribution is -1.99. The number of rotatable bonds is 2. The van der Waals surface area contributed by atoms with E-state index in [1.165, 1.54) is 12.8 Å². The first-order chi connectivity index (χ1) is 9.72. The van der Waals surface area contributed by atoms with Crippen molar-refractivity contribution in [2.24, 2.45) is 0 Å². The number of benzene rings is 1. The Kier molecular flexibility index (Phi) is 2.99. The fraction of sp³-hybridized carbons (Fsp3) is 0.286. The lowest BCUT2D eigenvalue weighted by molar-refractivity contribution is 0.174. The van der Waals surface area contributed by atoms with Crippen molar-refractivity contribution in [3.8, 4) is 22.9 Å². The van der Waals surface area contributed by atoms with Gasteiger partial charge in [0.05, 0.1) is 9.26 Å². The summed E-state index contributed by atoms with van der Waals surface area (Å²) in [6.07, 6.45) is 2.37. The second-order valence-electron chi connectivity index (χ2n) is 4.88. The van der Waals surface area contributed by atoms with Gasteiger partial charge in [0.25, 0.3) is 0 Å². The first-order valence-corrected chi connectivity index (χ1v) is 7.81. The van der Waals surface area contributed by atoms with Crippen molar-refractivity contribution in [2.75, 3.05) is 6.79 Å². The van der Waals surface area contributed by atoms with Crippen LogP contribution in [0.2, 0.25) is 5.15 Å². The molecule has 0 radical (unpaired) electrons. The molecule has 1 saturated carbocycles.